The van der Waals surface area contributed by atoms with Crippen molar-refractivity contribution in [3.05, 3.63) is 16.0 Å². The first-order chi connectivity index (χ1) is 12.4. The lowest BCUT2D eigenvalue weighted by Crippen LogP contribution is -2.54. The smallest absolute Gasteiger partial charge is 0.404 e. The van der Waals surface area contributed by atoms with E-state index in [1.165, 1.54) is 7.11 Å². The summed E-state index contributed by atoms with van der Waals surface area (Å²) in [6, 6.07) is 0.202. The van der Waals surface area contributed by atoms with Gasteiger partial charge in [0.1, 0.15) is 12.4 Å². The van der Waals surface area contributed by atoms with Crippen LogP contribution in [0.2, 0.25) is 0 Å². The van der Waals surface area contributed by atoms with Crippen molar-refractivity contribution in [3.63, 3.8) is 0 Å². The molecule has 0 aliphatic carbocycles. The molecule has 4 unspecified atom stereocenters. The number of phenols is 1. The van der Waals surface area contributed by atoms with E-state index in [9.17, 15) is 14.8 Å². The van der Waals surface area contributed by atoms with Gasteiger partial charge in [0, 0.05) is 30.8 Å². The van der Waals surface area contributed by atoms with E-state index in [-0.39, 0.29) is 30.1 Å². The molecule has 0 radical (unpaired) electrons. The summed E-state index contributed by atoms with van der Waals surface area (Å²) in [7, 11) is 3.05. The topological polar surface area (TPSA) is 146 Å². The van der Waals surface area contributed by atoms with Crippen molar-refractivity contribution in [2.24, 2.45) is 10.9 Å². The second-order valence-corrected chi connectivity index (χ2v) is 6.71. The second-order valence-electron chi connectivity index (χ2n) is 6.71. The van der Waals surface area contributed by atoms with E-state index in [4.69, 9.17) is 19.9 Å². The number of benzene rings is 1. The molecule has 10 nitrogen and oxygen atoms in total. The molecule has 0 bridgehead atoms. The summed E-state index contributed by atoms with van der Waals surface area (Å²) in [6.07, 6.45) is -0.929. The van der Waals surface area contributed by atoms with Gasteiger partial charge in [-0.25, -0.2) is 4.79 Å². The lowest BCUT2D eigenvalue weighted by Gasteiger charge is -2.38. The largest absolute Gasteiger partial charge is 0.505 e. The molecule has 3 aliphatic rings. The number of carbonyl (C=O) groups is 1. The number of ether oxygens (including phenoxy) is 3. The van der Waals surface area contributed by atoms with Gasteiger partial charge in [0.25, 0.3) is 0 Å². The third-order valence-corrected chi connectivity index (χ3v) is 5.71. The summed E-state index contributed by atoms with van der Waals surface area (Å²) >= 11 is 0. The Kier molecular flexibility index (Phi) is 3.53. The van der Waals surface area contributed by atoms with Crippen molar-refractivity contribution < 1.29 is 24.1 Å². The van der Waals surface area contributed by atoms with Crippen molar-refractivity contribution in [2.75, 3.05) is 32.3 Å². The highest BCUT2D eigenvalue weighted by Gasteiger charge is 2.71. The number of rotatable bonds is 5. The summed E-state index contributed by atoms with van der Waals surface area (Å²) in [6.45, 7) is 2.17. The van der Waals surface area contributed by atoms with Gasteiger partial charge in [0.05, 0.1) is 24.8 Å². The molecule has 1 aromatic rings. The van der Waals surface area contributed by atoms with E-state index in [1.807, 2.05) is 4.90 Å². The number of nitrogens with one attached hydrogen (secondary N) is 1. The molecule has 4 rings (SSSR count). The van der Waals surface area contributed by atoms with Crippen molar-refractivity contribution in [2.45, 2.75) is 30.7 Å². The summed E-state index contributed by atoms with van der Waals surface area (Å²) < 4.78 is 16.5. The molecule has 3 heterocycles. The molecule has 4 atom stereocenters. The minimum atomic E-state index is -0.929. The fourth-order valence-electron chi connectivity index (χ4n) is 4.66. The van der Waals surface area contributed by atoms with Crippen LogP contribution in [0.5, 0.6) is 11.5 Å². The average Bonchev–Trinajstić information content (AvgIpc) is 3.22. The maximum atomic E-state index is 11.3. The quantitative estimate of drug-likeness (QED) is 0.514. The SMILES string of the molecule is COc1c(C)c(N=O)c(O)c2c1N1CC3NC3C1(OC)C2COC(N)=O. The molecule has 1 amide bonds. The highest BCUT2D eigenvalue weighted by molar-refractivity contribution is 5.85. The number of nitrogens with two attached hydrogens (primary N) is 1. The zero-order valence-electron chi connectivity index (χ0n) is 14.6. The van der Waals surface area contributed by atoms with Crippen molar-refractivity contribution in [1.82, 2.24) is 5.32 Å². The predicted molar refractivity (Wildman–Crippen MR) is 90.9 cm³/mol. The van der Waals surface area contributed by atoms with Crippen LogP contribution in [0.4, 0.5) is 16.2 Å². The molecule has 26 heavy (non-hydrogen) atoms. The summed E-state index contributed by atoms with van der Waals surface area (Å²) in [5.41, 5.74) is 5.64. The Morgan fingerprint density at radius 2 is 2.23 bits per heavy atom. The lowest BCUT2D eigenvalue weighted by atomic mass is 9.88. The van der Waals surface area contributed by atoms with Crippen molar-refractivity contribution in [3.8, 4) is 11.5 Å². The van der Waals surface area contributed by atoms with Crippen LogP contribution in [-0.4, -0.2) is 56.4 Å². The van der Waals surface area contributed by atoms with Crippen LogP contribution in [0.1, 0.15) is 17.0 Å². The van der Waals surface area contributed by atoms with Crippen LogP contribution >= 0.6 is 0 Å². The molecule has 2 saturated heterocycles. The summed E-state index contributed by atoms with van der Waals surface area (Å²) in [5, 5.41) is 17.1. The van der Waals surface area contributed by atoms with Crippen LogP contribution in [0, 0.1) is 11.8 Å². The normalized spacial score (nSPS) is 30.4. The van der Waals surface area contributed by atoms with E-state index < -0.39 is 17.7 Å². The van der Waals surface area contributed by atoms with Crippen LogP contribution in [0.15, 0.2) is 5.18 Å². The number of hydrogen-bond acceptors (Lipinski definition) is 9. The second kappa shape index (κ2) is 5.45. The number of nitrogens with zero attached hydrogens (tertiary/aromatic N) is 2. The number of methoxy groups -OCH3 is 2. The van der Waals surface area contributed by atoms with E-state index in [2.05, 4.69) is 10.5 Å². The maximum absolute atomic E-state index is 11.3. The molecule has 1 aromatic carbocycles. The van der Waals surface area contributed by atoms with Gasteiger partial charge >= 0.3 is 6.09 Å². The number of amides is 1. The highest BCUT2D eigenvalue weighted by Crippen LogP contribution is 2.64. The first-order valence-corrected chi connectivity index (χ1v) is 8.20. The number of carbonyl (C=O) groups excluding carboxylic acids is 1. The molecule has 140 valence electrons. The predicted octanol–water partition coefficient (Wildman–Crippen LogP) is 0.803. The molecule has 0 saturated carbocycles. The standard InChI is InChI=1S/C16H20N4O6/c1-6-10(19-23)12(21)9-7(5-26-15(17)22)16(25-3)14-8(18-14)4-20(16)11(9)13(6)24-2/h7-8,14,18,21H,4-5H2,1-3H3,(H2,17,22). The van der Waals surface area contributed by atoms with E-state index in [1.54, 1.807) is 14.0 Å². The Hall–Kier alpha value is -2.59. The number of piperazine rings is 1. The molecule has 2 fully saturated rings. The molecule has 3 aliphatic heterocycles. The Morgan fingerprint density at radius 1 is 1.50 bits per heavy atom. The van der Waals surface area contributed by atoms with E-state index in [0.29, 0.717) is 29.1 Å². The van der Waals surface area contributed by atoms with Gasteiger partial charge in [-0.15, -0.1) is 4.91 Å². The van der Waals surface area contributed by atoms with Gasteiger partial charge in [0.2, 0.25) is 0 Å². The number of fused-ring (bicyclic) bond motifs is 5. The zero-order valence-corrected chi connectivity index (χ0v) is 14.6. The molecule has 0 aromatic heterocycles. The van der Waals surface area contributed by atoms with Gasteiger partial charge in [-0.1, -0.05) is 0 Å². The number of primary amides is 1. The Morgan fingerprint density at radius 3 is 2.81 bits per heavy atom. The lowest BCUT2D eigenvalue weighted by molar-refractivity contribution is -0.0337. The number of phenolic OH excluding ortho intramolecular Hbond substituents is 1. The Labute approximate surface area is 149 Å². The molecule has 10 heteroatoms. The van der Waals surface area contributed by atoms with Crippen LogP contribution < -0.4 is 20.7 Å². The van der Waals surface area contributed by atoms with E-state index >= 15 is 0 Å². The number of anilines is 1. The van der Waals surface area contributed by atoms with Gasteiger partial charge in [0.15, 0.2) is 17.2 Å². The van der Waals surface area contributed by atoms with Crippen LogP contribution in [0.3, 0.4) is 0 Å². The minimum Gasteiger partial charge on any atom is -0.505 e. The Bertz CT molecular complexity index is 815. The third-order valence-electron chi connectivity index (χ3n) is 5.71. The number of hydrogen-bond donors (Lipinski definition) is 3. The van der Waals surface area contributed by atoms with Crippen molar-refractivity contribution >= 4 is 17.5 Å². The minimum absolute atomic E-state index is 0.0153. The monoisotopic (exact) mass is 364 g/mol. The van der Waals surface area contributed by atoms with Crippen LogP contribution in [0.25, 0.3) is 0 Å². The molecular weight excluding hydrogens is 344 g/mol. The summed E-state index contributed by atoms with van der Waals surface area (Å²) in [5.74, 6) is -0.388. The first kappa shape index (κ1) is 16.9. The fourth-order valence-corrected chi connectivity index (χ4v) is 4.66. The first-order valence-electron chi connectivity index (χ1n) is 8.20. The molecular formula is C16H20N4O6. The average molecular weight is 364 g/mol. The summed E-state index contributed by atoms with van der Waals surface area (Å²) in [4.78, 5) is 24.5. The zero-order chi connectivity index (χ0) is 18.8. The molecule has 4 N–H and O–H groups in total. The van der Waals surface area contributed by atoms with E-state index in [0.717, 1.165) is 0 Å². The van der Waals surface area contributed by atoms with Gasteiger partial charge in [-0.3, -0.25) is 0 Å². The van der Waals surface area contributed by atoms with Crippen LogP contribution in [-0.2, 0) is 9.47 Å². The Balaban J connectivity index is 1.97. The van der Waals surface area contributed by atoms with Gasteiger partial charge in [-0.2, -0.15) is 0 Å². The van der Waals surface area contributed by atoms with Gasteiger partial charge < -0.3 is 35.3 Å². The number of aromatic hydroxyl groups is 1. The molecule has 0 spiro atoms. The maximum Gasteiger partial charge on any atom is 0.404 e. The van der Waals surface area contributed by atoms with Crippen molar-refractivity contribution in [1.29, 1.82) is 0 Å². The van der Waals surface area contributed by atoms with Gasteiger partial charge in [-0.05, 0) is 12.1 Å². The fraction of sp³-hybridized carbons (Fsp3) is 0.562. The highest BCUT2D eigenvalue weighted by atomic mass is 16.6. The third kappa shape index (κ3) is 1.85. The number of nitroso groups, excluding NO2 is 1.